The minimum absolute atomic E-state index is 0.384. The van der Waals surface area contributed by atoms with Crippen LogP contribution in [0.3, 0.4) is 0 Å². The summed E-state index contributed by atoms with van der Waals surface area (Å²) in [6.07, 6.45) is 5.76. The standard InChI is InChI=1S/C15H30N2/c1-5-16-14(15(2,3)4)8-9-17-11-12-6-7-13(17)10-12/h12-14,16H,5-11H2,1-4H3. The smallest absolute Gasteiger partial charge is 0.0128 e. The fourth-order valence-electron chi connectivity index (χ4n) is 3.68. The summed E-state index contributed by atoms with van der Waals surface area (Å²) in [5, 5.41) is 3.66. The van der Waals surface area contributed by atoms with Crippen LogP contribution < -0.4 is 5.32 Å². The molecule has 2 nitrogen and oxygen atoms in total. The first kappa shape index (κ1) is 13.4. The molecule has 0 aromatic carbocycles. The van der Waals surface area contributed by atoms with Crippen LogP contribution in [-0.2, 0) is 0 Å². The predicted molar refractivity (Wildman–Crippen MR) is 74.2 cm³/mol. The summed E-state index contributed by atoms with van der Waals surface area (Å²) in [7, 11) is 0. The van der Waals surface area contributed by atoms with Gasteiger partial charge in [0.1, 0.15) is 0 Å². The summed E-state index contributed by atoms with van der Waals surface area (Å²) in [6, 6.07) is 1.59. The van der Waals surface area contributed by atoms with E-state index in [-0.39, 0.29) is 0 Å². The van der Waals surface area contributed by atoms with Crippen LogP contribution in [0.2, 0.25) is 0 Å². The topological polar surface area (TPSA) is 15.3 Å². The van der Waals surface area contributed by atoms with E-state index in [2.05, 4.69) is 37.9 Å². The zero-order chi connectivity index (χ0) is 12.5. The van der Waals surface area contributed by atoms with Gasteiger partial charge >= 0.3 is 0 Å². The minimum Gasteiger partial charge on any atom is -0.314 e. The van der Waals surface area contributed by atoms with Crippen molar-refractivity contribution in [1.29, 1.82) is 0 Å². The Hall–Kier alpha value is -0.0800. The normalized spacial score (nSPS) is 31.1. The van der Waals surface area contributed by atoms with Crippen molar-refractivity contribution in [2.75, 3.05) is 19.6 Å². The fraction of sp³-hybridized carbons (Fsp3) is 1.00. The van der Waals surface area contributed by atoms with Gasteiger partial charge in [-0.05, 0) is 50.1 Å². The highest BCUT2D eigenvalue weighted by Crippen LogP contribution is 2.37. The van der Waals surface area contributed by atoms with E-state index in [1.54, 1.807) is 0 Å². The van der Waals surface area contributed by atoms with Crippen LogP contribution in [0.25, 0.3) is 0 Å². The maximum Gasteiger partial charge on any atom is 0.0128 e. The Morgan fingerprint density at radius 3 is 2.53 bits per heavy atom. The number of hydrogen-bond donors (Lipinski definition) is 1. The van der Waals surface area contributed by atoms with E-state index >= 15 is 0 Å². The van der Waals surface area contributed by atoms with Gasteiger partial charge < -0.3 is 10.2 Å². The molecule has 0 amide bonds. The Balaban J connectivity index is 1.79. The van der Waals surface area contributed by atoms with Gasteiger partial charge in [0.2, 0.25) is 0 Å². The molecule has 2 bridgehead atoms. The van der Waals surface area contributed by atoms with Crippen molar-refractivity contribution >= 4 is 0 Å². The third-order valence-electron chi connectivity index (χ3n) is 4.72. The second kappa shape index (κ2) is 5.27. The lowest BCUT2D eigenvalue weighted by Crippen LogP contribution is -2.44. The van der Waals surface area contributed by atoms with Gasteiger partial charge in [-0.1, -0.05) is 27.7 Å². The van der Waals surface area contributed by atoms with Crippen molar-refractivity contribution in [2.45, 2.75) is 65.5 Å². The Kier molecular flexibility index (Phi) is 4.14. The van der Waals surface area contributed by atoms with Gasteiger partial charge in [0, 0.05) is 18.6 Å². The van der Waals surface area contributed by atoms with E-state index in [0.29, 0.717) is 11.5 Å². The molecule has 100 valence electrons. The van der Waals surface area contributed by atoms with Crippen LogP contribution in [-0.4, -0.2) is 36.6 Å². The lowest BCUT2D eigenvalue weighted by molar-refractivity contribution is 0.175. The molecular weight excluding hydrogens is 208 g/mol. The number of hydrogen-bond acceptors (Lipinski definition) is 2. The van der Waals surface area contributed by atoms with Crippen molar-refractivity contribution in [3.05, 3.63) is 0 Å². The van der Waals surface area contributed by atoms with E-state index in [9.17, 15) is 0 Å². The van der Waals surface area contributed by atoms with E-state index < -0.39 is 0 Å². The van der Waals surface area contributed by atoms with Crippen LogP contribution in [0, 0.1) is 11.3 Å². The summed E-state index contributed by atoms with van der Waals surface area (Å²) in [5.74, 6) is 1.03. The zero-order valence-electron chi connectivity index (χ0n) is 12.1. The quantitative estimate of drug-likeness (QED) is 0.792. The SMILES string of the molecule is CCNC(CCN1CC2CCC1C2)C(C)(C)C. The van der Waals surface area contributed by atoms with Crippen molar-refractivity contribution in [3.63, 3.8) is 0 Å². The molecule has 2 aliphatic rings. The van der Waals surface area contributed by atoms with Gasteiger partial charge in [-0.3, -0.25) is 0 Å². The maximum atomic E-state index is 3.66. The number of rotatable bonds is 5. The molecule has 1 saturated heterocycles. The molecule has 1 heterocycles. The van der Waals surface area contributed by atoms with Crippen molar-refractivity contribution in [1.82, 2.24) is 10.2 Å². The van der Waals surface area contributed by atoms with Crippen LogP contribution in [0.4, 0.5) is 0 Å². The third kappa shape index (κ3) is 3.23. The summed E-state index contributed by atoms with van der Waals surface area (Å²) < 4.78 is 0. The van der Waals surface area contributed by atoms with Crippen molar-refractivity contribution in [2.24, 2.45) is 11.3 Å². The van der Waals surface area contributed by atoms with Crippen molar-refractivity contribution in [3.8, 4) is 0 Å². The molecule has 2 fully saturated rings. The molecule has 1 N–H and O–H groups in total. The number of likely N-dealkylation sites (tertiary alicyclic amines) is 1. The van der Waals surface area contributed by atoms with Crippen molar-refractivity contribution < 1.29 is 0 Å². The first-order chi connectivity index (χ1) is 8.00. The second-order valence-electron chi connectivity index (χ2n) is 7.09. The molecule has 1 aliphatic carbocycles. The van der Waals surface area contributed by atoms with E-state index in [1.165, 1.54) is 38.8 Å². The van der Waals surface area contributed by atoms with E-state index in [0.717, 1.165) is 18.5 Å². The Morgan fingerprint density at radius 1 is 1.29 bits per heavy atom. The van der Waals surface area contributed by atoms with E-state index in [1.807, 2.05) is 0 Å². The average Bonchev–Trinajstić information content (AvgIpc) is 2.83. The summed E-state index contributed by atoms with van der Waals surface area (Å²) >= 11 is 0. The van der Waals surface area contributed by atoms with Gasteiger partial charge in [-0.2, -0.15) is 0 Å². The molecular formula is C15H30N2. The number of piperidine rings is 1. The molecule has 1 aliphatic heterocycles. The lowest BCUT2D eigenvalue weighted by atomic mass is 9.84. The van der Waals surface area contributed by atoms with Gasteiger partial charge in [-0.15, -0.1) is 0 Å². The Labute approximate surface area is 107 Å². The lowest BCUT2D eigenvalue weighted by Gasteiger charge is -2.34. The number of fused-ring (bicyclic) bond motifs is 2. The Morgan fingerprint density at radius 2 is 2.06 bits per heavy atom. The molecule has 0 spiro atoms. The highest BCUT2D eigenvalue weighted by atomic mass is 15.2. The summed E-state index contributed by atoms with van der Waals surface area (Å²) in [4.78, 5) is 2.75. The van der Waals surface area contributed by atoms with Crippen LogP contribution in [0.5, 0.6) is 0 Å². The van der Waals surface area contributed by atoms with E-state index in [4.69, 9.17) is 0 Å². The second-order valence-corrected chi connectivity index (χ2v) is 7.09. The zero-order valence-corrected chi connectivity index (χ0v) is 12.1. The third-order valence-corrected chi connectivity index (χ3v) is 4.72. The fourth-order valence-corrected chi connectivity index (χ4v) is 3.68. The van der Waals surface area contributed by atoms with Gasteiger partial charge in [0.05, 0.1) is 0 Å². The van der Waals surface area contributed by atoms with Gasteiger partial charge in [-0.25, -0.2) is 0 Å². The van der Waals surface area contributed by atoms with Gasteiger partial charge in [0.25, 0.3) is 0 Å². The Bertz CT molecular complexity index is 244. The molecule has 0 aromatic rings. The van der Waals surface area contributed by atoms with Crippen LogP contribution >= 0.6 is 0 Å². The molecule has 2 rings (SSSR count). The molecule has 0 aromatic heterocycles. The number of nitrogens with one attached hydrogen (secondary N) is 1. The van der Waals surface area contributed by atoms with Crippen LogP contribution in [0.15, 0.2) is 0 Å². The number of nitrogens with zero attached hydrogens (tertiary/aromatic N) is 1. The first-order valence-corrected chi connectivity index (χ1v) is 7.48. The van der Waals surface area contributed by atoms with Gasteiger partial charge in [0.15, 0.2) is 0 Å². The molecule has 3 unspecified atom stereocenters. The highest BCUT2D eigenvalue weighted by molar-refractivity contribution is 4.93. The maximum absolute atomic E-state index is 3.66. The highest BCUT2D eigenvalue weighted by Gasteiger charge is 2.37. The molecule has 0 radical (unpaired) electrons. The predicted octanol–water partition coefficient (Wildman–Crippen LogP) is 2.89. The average molecular weight is 238 g/mol. The summed E-state index contributed by atoms with van der Waals surface area (Å²) in [6.45, 7) is 13.1. The molecule has 1 saturated carbocycles. The first-order valence-electron chi connectivity index (χ1n) is 7.48. The monoisotopic (exact) mass is 238 g/mol. The largest absolute Gasteiger partial charge is 0.314 e. The molecule has 3 atom stereocenters. The molecule has 2 heteroatoms. The summed E-state index contributed by atoms with van der Waals surface area (Å²) in [5.41, 5.74) is 0.384. The molecule has 17 heavy (non-hydrogen) atoms. The minimum atomic E-state index is 0.384. The van der Waals surface area contributed by atoms with Crippen LogP contribution in [0.1, 0.15) is 53.4 Å².